The maximum atomic E-state index is 12.7. The van der Waals surface area contributed by atoms with Gasteiger partial charge in [0.2, 0.25) is 0 Å². The Morgan fingerprint density at radius 3 is 2.32 bits per heavy atom. The van der Waals surface area contributed by atoms with Crippen molar-refractivity contribution in [3.8, 4) is 0 Å². The van der Waals surface area contributed by atoms with Crippen LogP contribution in [0, 0.1) is 10.1 Å². The Bertz CT molecular complexity index is 785. The first-order valence-electron chi connectivity index (χ1n) is 7.43. The smallest absolute Gasteiger partial charge is 0.272 e. The summed E-state index contributed by atoms with van der Waals surface area (Å²) in [4.78, 5) is 10.1. The minimum Gasteiger partial charge on any atom is -0.272 e. The number of anilines is 1. The summed E-state index contributed by atoms with van der Waals surface area (Å²) >= 11 is 0. The van der Waals surface area contributed by atoms with E-state index < -0.39 is 22.4 Å². The summed E-state index contributed by atoms with van der Waals surface area (Å²) in [6, 6.07) is 9.78. The number of nitro groups is 1. The van der Waals surface area contributed by atoms with E-state index in [1.165, 1.54) is 6.21 Å². The molecule has 0 aliphatic carbocycles. The maximum Gasteiger partial charge on any atom is 0.416 e. The third-order valence-corrected chi connectivity index (χ3v) is 3.52. The highest BCUT2D eigenvalue weighted by atomic mass is 19.4. The summed E-state index contributed by atoms with van der Waals surface area (Å²) < 4.78 is 38.0. The Kier molecular flexibility index (Phi) is 5.41. The van der Waals surface area contributed by atoms with E-state index >= 15 is 0 Å². The number of benzene rings is 2. The van der Waals surface area contributed by atoms with Crippen LogP contribution in [0.3, 0.4) is 0 Å². The van der Waals surface area contributed by atoms with Crippen LogP contribution in [0.5, 0.6) is 0 Å². The molecular formula is C17H16F3N3O2. The quantitative estimate of drug-likeness (QED) is 0.458. The molecule has 0 spiro atoms. The van der Waals surface area contributed by atoms with Crippen LogP contribution in [-0.2, 0) is 6.18 Å². The number of halogens is 3. The van der Waals surface area contributed by atoms with Crippen LogP contribution >= 0.6 is 0 Å². The summed E-state index contributed by atoms with van der Waals surface area (Å²) in [5.74, 6) is 0.388. The monoisotopic (exact) mass is 351 g/mol. The highest BCUT2D eigenvalue weighted by Gasteiger charge is 2.33. The Hall–Kier alpha value is -2.90. The number of nitrogens with one attached hydrogen (secondary N) is 1. The first-order valence-corrected chi connectivity index (χ1v) is 7.43. The minimum atomic E-state index is -4.65. The van der Waals surface area contributed by atoms with Crippen molar-refractivity contribution in [2.75, 3.05) is 5.43 Å². The highest BCUT2D eigenvalue weighted by molar-refractivity contribution is 5.80. The Morgan fingerprint density at radius 1 is 1.16 bits per heavy atom. The van der Waals surface area contributed by atoms with Gasteiger partial charge in [0, 0.05) is 6.07 Å². The van der Waals surface area contributed by atoms with Crippen molar-refractivity contribution in [2.45, 2.75) is 25.9 Å². The molecule has 8 heteroatoms. The van der Waals surface area contributed by atoms with Crippen LogP contribution in [-0.4, -0.2) is 11.1 Å². The average Bonchev–Trinajstić information content (AvgIpc) is 2.54. The highest BCUT2D eigenvalue weighted by Crippen LogP contribution is 2.34. The molecule has 0 bridgehead atoms. The molecule has 132 valence electrons. The van der Waals surface area contributed by atoms with Gasteiger partial charge in [0.25, 0.3) is 5.69 Å². The van der Waals surface area contributed by atoms with E-state index in [4.69, 9.17) is 0 Å². The Morgan fingerprint density at radius 2 is 1.80 bits per heavy atom. The molecule has 2 rings (SSSR count). The molecule has 0 saturated carbocycles. The zero-order chi connectivity index (χ0) is 18.6. The molecule has 0 unspecified atom stereocenters. The number of hydrazone groups is 1. The Balaban J connectivity index is 2.18. The SMILES string of the molecule is CC(C)c1ccc(/C=N/Nc2ccc(C(F)(F)F)cc2[N+](=O)[O-])cc1. The lowest BCUT2D eigenvalue weighted by atomic mass is 10.0. The van der Waals surface area contributed by atoms with E-state index in [0.717, 1.165) is 23.3 Å². The molecule has 2 aromatic carbocycles. The zero-order valence-corrected chi connectivity index (χ0v) is 13.5. The second-order valence-corrected chi connectivity index (χ2v) is 5.68. The lowest BCUT2D eigenvalue weighted by molar-refractivity contribution is -0.384. The summed E-state index contributed by atoms with van der Waals surface area (Å²) in [5.41, 5.74) is 2.44. The molecule has 2 aromatic rings. The van der Waals surface area contributed by atoms with Crippen molar-refractivity contribution in [2.24, 2.45) is 5.10 Å². The molecule has 0 heterocycles. The normalized spacial score (nSPS) is 11.9. The summed E-state index contributed by atoms with van der Waals surface area (Å²) in [6.07, 6.45) is -3.21. The van der Waals surface area contributed by atoms with Gasteiger partial charge in [-0.1, -0.05) is 38.1 Å². The summed E-state index contributed by atoms with van der Waals surface area (Å²) in [5, 5.41) is 14.8. The van der Waals surface area contributed by atoms with E-state index in [1.807, 2.05) is 24.3 Å². The van der Waals surface area contributed by atoms with Crippen molar-refractivity contribution in [1.82, 2.24) is 0 Å². The van der Waals surface area contributed by atoms with E-state index in [9.17, 15) is 23.3 Å². The third-order valence-electron chi connectivity index (χ3n) is 3.52. The molecular weight excluding hydrogens is 335 g/mol. The molecule has 0 aliphatic rings. The molecule has 0 aromatic heterocycles. The third kappa shape index (κ3) is 4.79. The van der Waals surface area contributed by atoms with E-state index in [1.54, 1.807) is 0 Å². The molecule has 0 saturated heterocycles. The van der Waals surface area contributed by atoms with Crippen LogP contribution in [0.15, 0.2) is 47.6 Å². The fraction of sp³-hybridized carbons (Fsp3) is 0.235. The van der Waals surface area contributed by atoms with Crippen LogP contribution in [0.2, 0.25) is 0 Å². The lowest BCUT2D eigenvalue weighted by Crippen LogP contribution is -2.06. The molecule has 0 aliphatic heterocycles. The molecule has 0 radical (unpaired) electrons. The van der Waals surface area contributed by atoms with Crippen molar-refractivity contribution in [1.29, 1.82) is 0 Å². The fourth-order valence-electron chi connectivity index (χ4n) is 2.10. The van der Waals surface area contributed by atoms with Gasteiger partial charge in [-0.05, 0) is 29.2 Å². The lowest BCUT2D eigenvalue weighted by Gasteiger charge is -2.08. The molecule has 0 amide bonds. The van der Waals surface area contributed by atoms with Gasteiger partial charge in [-0.3, -0.25) is 15.5 Å². The number of alkyl halides is 3. The summed E-state index contributed by atoms with van der Waals surface area (Å²) in [7, 11) is 0. The van der Waals surface area contributed by atoms with E-state index in [2.05, 4.69) is 24.4 Å². The molecule has 25 heavy (non-hydrogen) atoms. The largest absolute Gasteiger partial charge is 0.416 e. The van der Waals surface area contributed by atoms with Gasteiger partial charge < -0.3 is 0 Å². The van der Waals surface area contributed by atoms with Crippen LogP contribution in [0.4, 0.5) is 24.5 Å². The number of rotatable bonds is 5. The first kappa shape index (κ1) is 18.4. The fourth-order valence-corrected chi connectivity index (χ4v) is 2.10. The predicted octanol–water partition coefficient (Wildman–Crippen LogP) is 5.18. The van der Waals surface area contributed by atoms with Crippen molar-refractivity contribution >= 4 is 17.6 Å². The molecule has 5 nitrogen and oxygen atoms in total. The van der Waals surface area contributed by atoms with Crippen LogP contribution in [0.25, 0.3) is 0 Å². The average molecular weight is 351 g/mol. The first-order chi connectivity index (χ1) is 11.7. The van der Waals surface area contributed by atoms with Crippen LogP contribution < -0.4 is 5.43 Å². The molecule has 0 atom stereocenters. The standard InChI is InChI=1S/C17H16F3N3O2/c1-11(2)13-5-3-12(4-6-13)10-21-22-15-8-7-14(17(18,19)20)9-16(15)23(24)25/h3-11,22H,1-2H3/b21-10+. The predicted molar refractivity (Wildman–Crippen MR) is 89.8 cm³/mol. The number of hydrogen-bond acceptors (Lipinski definition) is 4. The number of nitro benzene ring substituents is 1. The van der Waals surface area contributed by atoms with Gasteiger partial charge in [-0.25, -0.2) is 0 Å². The van der Waals surface area contributed by atoms with Crippen molar-refractivity contribution < 1.29 is 18.1 Å². The Labute approximate surface area is 142 Å². The van der Waals surface area contributed by atoms with Gasteiger partial charge in [0.15, 0.2) is 0 Å². The molecule has 1 N–H and O–H groups in total. The van der Waals surface area contributed by atoms with E-state index in [-0.39, 0.29) is 5.69 Å². The minimum absolute atomic E-state index is 0.118. The number of nitrogens with zero attached hydrogens (tertiary/aromatic N) is 2. The topological polar surface area (TPSA) is 67.5 Å². The second kappa shape index (κ2) is 7.33. The number of hydrogen-bond donors (Lipinski definition) is 1. The zero-order valence-electron chi connectivity index (χ0n) is 13.5. The second-order valence-electron chi connectivity index (χ2n) is 5.68. The van der Waals surface area contributed by atoms with Crippen molar-refractivity contribution in [3.05, 3.63) is 69.3 Å². The van der Waals surface area contributed by atoms with Crippen LogP contribution in [0.1, 0.15) is 36.5 Å². The van der Waals surface area contributed by atoms with Gasteiger partial charge in [0.1, 0.15) is 5.69 Å². The van der Waals surface area contributed by atoms with Gasteiger partial charge >= 0.3 is 6.18 Å². The maximum absolute atomic E-state index is 12.7. The van der Waals surface area contributed by atoms with E-state index in [0.29, 0.717) is 12.0 Å². The van der Waals surface area contributed by atoms with Gasteiger partial charge in [-0.2, -0.15) is 18.3 Å². The summed E-state index contributed by atoms with van der Waals surface area (Å²) in [6.45, 7) is 4.13. The van der Waals surface area contributed by atoms with Crippen molar-refractivity contribution in [3.63, 3.8) is 0 Å². The van der Waals surface area contributed by atoms with Gasteiger partial charge in [0.05, 0.1) is 16.7 Å². The molecule has 0 fully saturated rings. The van der Waals surface area contributed by atoms with Gasteiger partial charge in [-0.15, -0.1) is 0 Å².